The minimum absolute atomic E-state index is 0.358. The second kappa shape index (κ2) is 11.4. The predicted octanol–water partition coefficient (Wildman–Crippen LogP) is 7.68. The van der Waals surface area contributed by atoms with Crippen LogP contribution in [0.1, 0.15) is 63.5 Å². The number of benzene rings is 2. The molecule has 1 aliphatic rings. The molecular formula is C27H34Cl2N2. The number of hydrogen-bond acceptors (Lipinski definition) is 2. The van der Waals surface area contributed by atoms with Crippen molar-refractivity contribution in [1.82, 2.24) is 4.90 Å². The normalized spacial score (nSPS) is 16.6. The van der Waals surface area contributed by atoms with Gasteiger partial charge in [-0.3, -0.25) is 0 Å². The standard InChI is InChI=1S/C27H34Cl2N2/c1-3-18-31(19-16-21-9-6-5-7-10-21)23(4-2)15-17-27(20-30,22-13-14-22)26-24(28)11-8-12-25(26)29/h5-12,22-23H,3-4,13-19H2,1-2H3. The number of halogens is 2. The fraction of sp³-hybridized carbons (Fsp3) is 0.519. The smallest absolute Gasteiger partial charge is 0.0879 e. The Bertz CT molecular complexity index is 852. The molecule has 0 heterocycles. The van der Waals surface area contributed by atoms with E-state index in [-0.39, 0.29) is 0 Å². The Morgan fingerprint density at radius 3 is 2.26 bits per heavy atom. The highest BCUT2D eigenvalue weighted by molar-refractivity contribution is 6.36. The lowest BCUT2D eigenvalue weighted by Gasteiger charge is -2.35. The van der Waals surface area contributed by atoms with Gasteiger partial charge in [0.15, 0.2) is 0 Å². The summed E-state index contributed by atoms with van der Waals surface area (Å²) in [5.74, 6) is 0.358. The van der Waals surface area contributed by atoms with Gasteiger partial charge in [0.05, 0.1) is 11.5 Å². The molecule has 0 saturated heterocycles. The molecule has 2 atom stereocenters. The van der Waals surface area contributed by atoms with Crippen molar-refractivity contribution in [3.8, 4) is 6.07 Å². The first-order valence-corrected chi connectivity index (χ1v) is 12.4. The van der Waals surface area contributed by atoms with Crippen LogP contribution in [0, 0.1) is 17.2 Å². The van der Waals surface area contributed by atoms with Gasteiger partial charge in [-0.15, -0.1) is 0 Å². The second-order valence-corrected chi connectivity index (χ2v) is 9.64. The van der Waals surface area contributed by atoms with Gasteiger partial charge in [-0.05, 0) is 75.1 Å². The molecule has 166 valence electrons. The Labute approximate surface area is 198 Å². The van der Waals surface area contributed by atoms with Gasteiger partial charge in [-0.2, -0.15) is 5.26 Å². The molecule has 1 saturated carbocycles. The summed E-state index contributed by atoms with van der Waals surface area (Å²) in [6, 6.07) is 19.5. The summed E-state index contributed by atoms with van der Waals surface area (Å²) in [6.07, 6.45) is 7.22. The molecule has 0 amide bonds. The maximum absolute atomic E-state index is 10.4. The summed E-state index contributed by atoms with van der Waals surface area (Å²) in [5, 5.41) is 11.6. The van der Waals surface area contributed by atoms with Gasteiger partial charge in [-0.1, -0.05) is 73.4 Å². The number of rotatable bonds is 12. The Kier molecular flexibility index (Phi) is 8.85. The van der Waals surface area contributed by atoms with Crippen molar-refractivity contribution < 1.29 is 0 Å². The third-order valence-corrected chi connectivity index (χ3v) is 7.41. The average Bonchev–Trinajstić information content (AvgIpc) is 3.62. The van der Waals surface area contributed by atoms with E-state index in [0.717, 1.165) is 63.6 Å². The molecule has 3 rings (SSSR count). The minimum atomic E-state index is -0.583. The van der Waals surface area contributed by atoms with Crippen LogP contribution >= 0.6 is 23.2 Å². The van der Waals surface area contributed by atoms with Crippen LogP contribution in [0.4, 0.5) is 0 Å². The van der Waals surface area contributed by atoms with Gasteiger partial charge in [-0.25, -0.2) is 0 Å². The topological polar surface area (TPSA) is 27.0 Å². The Morgan fingerprint density at radius 1 is 1.03 bits per heavy atom. The van der Waals surface area contributed by atoms with E-state index in [1.54, 1.807) is 0 Å². The van der Waals surface area contributed by atoms with Crippen molar-refractivity contribution in [3.05, 3.63) is 69.7 Å². The zero-order valence-electron chi connectivity index (χ0n) is 18.8. The van der Waals surface area contributed by atoms with E-state index >= 15 is 0 Å². The molecule has 0 spiro atoms. The first-order valence-electron chi connectivity index (χ1n) is 11.7. The van der Waals surface area contributed by atoms with Gasteiger partial charge < -0.3 is 4.90 Å². The Morgan fingerprint density at radius 2 is 1.71 bits per heavy atom. The molecule has 2 aromatic rings. The molecule has 2 nitrogen and oxygen atoms in total. The highest BCUT2D eigenvalue weighted by Crippen LogP contribution is 2.53. The largest absolute Gasteiger partial charge is 0.300 e. The number of nitrogens with zero attached hydrogens (tertiary/aromatic N) is 2. The van der Waals surface area contributed by atoms with Gasteiger partial charge in [0.25, 0.3) is 0 Å². The molecule has 0 aliphatic heterocycles. The zero-order valence-corrected chi connectivity index (χ0v) is 20.3. The Balaban J connectivity index is 1.77. The van der Waals surface area contributed by atoms with E-state index in [1.807, 2.05) is 18.2 Å². The van der Waals surface area contributed by atoms with Gasteiger partial charge in [0, 0.05) is 28.2 Å². The highest BCUT2D eigenvalue weighted by atomic mass is 35.5. The minimum Gasteiger partial charge on any atom is -0.300 e. The summed E-state index contributed by atoms with van der Waals surface area (Å²) >= 11 is 13.2. The molecule has 2 unspecified atom stereocenters. The number of nitriles is 1. The molecule has 0 aromatic heterocycles. The van der Waals surface area contributed by atoms with E-state index < -0.39 is 5.41 Å². The monoisotopic (exact) mass is 456 g/mol. The molecule has 4 heteroatoms. The van der Waals surface area contributed by atoms with E-state index in [9.17, 15) is 5.26 Å². The first-order chi connectivity index (χ1) is 15.1. The van der Waals surface area contributed by atoms with Crippen LogP contribution in [0.2, 0.25) is 10.0 Å². The SMILES string of the molecule is CCCN(CCc1ccccc1)C(CC)CCC(C#N)(c1c(Cl)cccc1Cl)C1CC1. The molecule has 1 aliphatic carbocycles. The molecular weight excluding hydrogens is 423 g/mol. The van der Waals surface area contributed by atoms with Gasteiger partial charge in [0.2, 0.25) is 0 Å². The summed E-state index contributed by atoms with van der Waals surface area (Å²) < 4.78 is 0. The fourth-order valence-electron chi connectivity index (χ4n) is 4.96. The van der Waals surface area contributed by atoms with Crippen LogP contribution in [0.5, 0.6) is 0 Å². The van der Waals surface area contributed by atoms with E-state index in [0.29, 0.717) is 22.0 Å². The lowest BCUT2D eigenvalue weighted by molar-refractivity contribution is 0.172. The molecule has 0 bridgehead atoms. The van der Waals surface area contributed by atoms with E-state index in [4.69, 9.17) is 23.2 Å². The lowest BCUT2D eigenvalue weighted by Crippen LogP contribution is -2.39. The van der Waals surface area contributed by atoms with Crippen molar-refractivity contribution in [3.63, 3.8) is 0 Å². The maximum Gasteiger partial charge on any atom is 0.0879 e. The molecule has 0 radical (unpaired) electrons. The molecule has 1 fully saturated rings. The predicted molar refractivity (Wildman–Crippen MR) is 132 cm³/mol. The van der Waals surface area contributed by atoms with Crippen LogP contribution < -0.4 is 0 Å². The van der Waals surface area contributed by atoms with Gasteiger partial charge >= 0.3 is 0 Å². The summed E-state index contributed by atoms with van der Waals surface area (Å²) in [7, 11) is 0. The van der Waals surface area contributed by atoms with Crippen LogP contribution in [0.15, 0.2) is 48.5 Å². The summed E-state index contributed by atoms with van der Waals surface area (Å²) in [5.41, 5.74) is 1.65. The van der Waals surface area contributed by atoms with Crippen LogP contribution in [0.25, 0.3) is 0 Å². The third kappa shape index (κ3) is 5.83. The van der Waals surface area contributed by atoms with Crippen molar-refractivity contribution in [2.24, 2.45) is 5.92 Å². The number of hydrogen-bond donors (Lipinski definition) is 0. The van der Waals surface area contributed by atoms with Crippen LogP contribution in [0.3, 0.4) is 0 Å². The van der Waals surface area contributed by atoms with Crippen molar-refractivity contribution in [2.75, 3.05) is 13.1 Å². The van der Waals surface area contributed by atoms with Crippen molar-refractivity contribution in [2.45, 2.75) is 70.3 Å². The first kappa shape index (κ1) is 24.1. The lowest BCUT2D eigenvalue weighted by atomic mass is 9.72. The quantitative estimate of drug-likeness (QED) is 0.327. The zero-order chi connectivity index (χ0) is 22.3. The second-order valence-electron chi connectivity index (χ2n) is 8.83. The van der Waals surface area contributed by atoms with Crippen molar-refractivity contribution >= 4 is 23.2 Å². The highest BCUT2D eigenvalue weighted by Gasteiger charge is 2.49. The molecule has 31 heavy (non-hydrogen) atoms. The van der Waals surface area contributed by atoms with Crippen molar-refractivity contribution in [1.29, 1.82) is 5.26 Å². The van der Waals surface area contributed by atoms with E-state index in [1.165, 1.54) is 5.56 Å². The average molecular weight is 457 g/mol. The fourth-order valence-corrected chi connectivity index (χ4v) is 5.69. The summed E-state index contributed by atoms with van der Waals surface area (Å²) in [4.78, 5) is 2.62. The summed E-state index contributed by atoms with van der Waals surface area (Å²) in [6.45, 7) is 6.65. The molecule has 0 N–H and O–H groups in total. The third-order valence-electron chi connectivity index (χ3n) is 6.78. The maximum atomic E-state index is 10.4. The van der Waals surface area contributed by atoms with Gasteiger partial charge in [0.1, 0.15) is 0 Å². The molecule has 2 aromatic carbocycles. The van der Waals surface area contributed by atoms with Crippen LogP contribution in [-0.4, -0.2) is 24.0 Å². The Hall–Kier alpha value is -1.53. The van der Waals surface area contributed by atoms with E-state index in [2.05, 4.69) is 55.1 Å². The van der Waals surface area contributed by atoms with Crippen LogP contribution in [-0.2, 0) is 11.8 Å².